The van der Waals surface area contributed by atoms with Gasteiger partial charge >= 0.3 is 0 Å². The largest absolute Gasteiger partial charge is 0.393 e. The second kappa shape index (κ2) is 5.48. The number of amides is 1. The predicted octanol–water partition coefficient (Wildman–Crippen LogP) is 1.75. The van der Waals surface area contributed by atoms with Gasteiger partial charge in [-0.15, -0.1) is 0 Å². The normalized spacial score (nSPS) is 19.2. The predicted molar refractivity (Wildman–Crippen MR) is 75.3 cm³/mol. The van der Waals surface area contributed by atoms with Crippen molar-refractivity contribution in [3.8, 4) is 0 Å². The summed E-state index contributed by atoms with van der Waals surface area (Å²) >= 11 is 1.81. The first-order chi connectivity index (χ1) is 9.00. The molecule has 0 aromatic heterocycles. The summed E-state index contributed by atoms with van der Waals surface area (Å²) in [6, 6.07) is 4.35. The van der Waals surface area contributed by atoms with E-state index in [9.17, 15) is 14.9 Å². The van der Waals surface area contributed by atoms with Crippen molar-refractivity contribution in [2.75, 3.05) is 23.8 Å². The van der Waals surface area contributed by atoms with Gasteiger partial charge in [-0.2, -0.15) is 11.8 Å². The number of nitro benzene ring substituents is 1. The number of benzene rings is 1. The minimum absolute atomic E-state index is 0.0730. The van der Waals surface area contributed by atoms with E-state index in [1.54, 1.807) is 11.0 Å². The molecular formula is C12H15N3O3S. The molecule has 1 aliphatic heterocycles. The van der Waals surface area contributed by atoms with Crippen molar-refractivity contribution < 1.29 is 9.72 Å². The summed E-state index contributed by atoms with van der Waals surface area (Å²) in [6.07, 6.45) is 0. The van der Waals surface area contributed by atoms with Crippen LogP contribution in [0.25, 0.3) is 0 Å². The molecular weight excluding hydrogens is 266 g/mol. The van der Waals surface area contributed by atoms with E-state index in [4.69, 9.17) is 5.73 Å². The Kier molecular flexibility index (Phi) is 3.94. The second-order valence-corrected chi connectivity index (χ2v) is 5.60. The molecule has 1 atom stereocenters. The van der Waals surface area contributed by atoms with Gasteiger partial charge < -0.3 is 10.6 Å². The highest BCUT2D eigenvalue weighted by atomic mass is 32.2. The molecule has 1 aromatic rings. The lowest BCUT2D eigenvalue weighted by Crippen LogP contribution is -2.44. The maximum absolute atomic E-state index is 12.3. The van der Waals surface area contributed by atoms with Crippen LogP contribution >= 0.6 is 11.8 Å². The number of hydrogen-bond acceptors (Lipinski definition) is 5. The van der Waals surface area contributed by atoms with Crippen LogP contribution in [-0.2, 0) is 0 Å². The van der Waals surface area contributed by atoms with E-state index in [0.717, 1.165) is 11.5 Å². The van der Waals surface area contributed by atoms with Crippen LogP contribution in [0.1, 0.15) is 17.3 Å². The minimum Gasteiger partial charge on any atom is -0.393 e. The Morgan fingerprint density at radius 2 is 2.32 bits per heavy atom. The molecule has 0 saturated carbocycles. The smallest absolute Gasteiger partial charge is 0.292 e. The first-order valence-electron chi connectivity index (χ1n) is 5.93. The van der Waals surface area contributed by atoms with Gasteiger partial charge in [-0.3, -0.25) is 14.9 Å². The lowest BCUT2D eigenvalue weighted by Gasteiger charge is -2.33. The van der Waals surface area contributed by atoms with Crippen molar-refractivity contribution in [2.45, 2.75) is 13.0 Å². The summed E-state index contributed by atoms with van der Waals surface area (Å²) < 4.78 is 0. The van der Waals surface area contributed by atoms with Crippen LogP contribution in [0.5, 0.6) is 0 Å². The number of thioether (sulfide) groups is 1. The van der Waals surface area contributed by atoms with Crippen LogP contribution in [0, 0.1) is 10.1 Å². The van der Waals surface area contributed by atoms with Crippen molar-refractivity contribution in [3.05, 3.63) is 33.9 Å². The van der Waals surface area contributed by atoms with E-state index in [-0.39, 0.29) is 23.3 Å². The quantitative estimate of drug-likeness (QED) is 0.507. The molecule has 1 amide bonds. The average Bonchev–Trinajstić information content (AvgIpc) is 2.38. The fourth-order valence-corrected chi connectivity index (χ4v) is 3.04. The highest BCUT2D eigenvalue weighted by Gasteiger charge is 2.26. The SMILES string of the molecule is CC1CSCCN1C(=O)c1ccc(N)c([N+](=O)[O-])c1. The van der Waals surface area contributed by atoms with Gasteiger partial charge in [-0.05, 0) is 19.1 Å². The zero-order chi connectivity index (χ0) is 14.0. The fourth-order valence-electron chi connectivity index (χ4n) is 2.03. The van der Waals surface area contributed by atoms with Crippen molar-refractivity contribution in [3.63, 3.8) is 0 Å². The molecule has 0 radical (unpaired) electrons. The van der Waals surface area contributed by atoms with Gasteiger partial charge in [0.25, 0.3) is 11.6 Å². The van der Waals surface area contributed by atoms with Gasteiger partial charge in [0, 0.05) is 35.7 Å². The summed E-state index contributed by atoms with van der Waals surface area (Å²) in [7, 11) is 0. The van der Waals surface area contributed by atoms with Crippen LogP contribution in [-0.4, -0.2) is 39.8 Å². The lowest BCUT2D eigenvalue weighted by molar-refractivity contribution is -0.383. The number of nitro groups is 1. The van der Waals surface area contributed by atoms with Crippen LogP contribution in [0.15, 0.2) is 18.2 Å². The molecule has 0 bridgehead atoms. The molecule has 1 aromatic carbocycles. The molecule has 1 heterocycles. The molecule has 1 unspecified atom stereocenters. The first kappa shape index (κ1) is 13.7. The summed E-state index contributed by atoms with van der Waals surface area (Å²) in [5.41, 5.74) is 5.70. The third-order valence-electron chi connectivity index (χ3n) is 3.10. The van der Waals surface area contributed by atoms with E-state index in [2.05, 4.69) is 0 Å². The van der Waals surface area contributed by atoms with E-state index in [0.29, 0.717) is 12.1 Å². The number of carbonyl (C=O) groups excluding carboxylic acids is 1. The van der Waals surface area contributed by atoms with Gasteiger partial charge in [0.05, 0.1) is 4.92 Å². The van der Waals surface area contributed by atoms with Gasteiger partial charge in [-0.25, -0.2) is 0 Å². The maximum Gasteiger partial charge on any atom is 0.292 e. The van der Waals surface area contributed by atoms with E-state index in [1.807, 2.05) is 18.7 Å². The van der Waals surface area contributed by atoms with E-state index < -0.39 is 4.92 Å². The molecule has 1 aliphatic rings. The highest BCUT2D eigenvalue weighted by Crippen LogP contribution is 2.25. The number of anilines is 1. The van der Waals surface area contributed by atoms with Crippen molar-refractivity contribution in [1.29, 1.82) is 0 Å². The van der Waals surface area contributed by atoms with Crippen molar-refractivity contribution in [1.82, 2.24) is 4.90 Å². The molecule has 1 fully saturated rings. The zero-order valence-corrected chi connectivity index (χ0v) is 11.4. The van der Waals surface area contributed by atoms with Gasteiger partial charge in [0.1, 0.15) is 5.69 Å². The Labute approximate surface area is 115 Å². The zero-order valence-electron chi connectivity index (χ0n) is 10.5. The van der Waals surface area contributed by atoms with Crippen molar-refractivity contribution >= 4 is 29.0 Å². The van der Waals surface area contributed by atoms with E-state index in [1.165, 1.54) is 12.1 Å². The Hall–Kier alpha value is -1.76. The van der Waals surface area contributed by atoms with Gasteiger partial charge in [-0.1, -0.05) is 0 Å². The molecule has 2 N–H and O–H groups in total. The fraction of sp³-hybridized carbons (Fsp3) is 0.417. The molecule has 0 spiro atoms. The van der Waals surface area contributed by atoms with Crippen LogP contribution in [0.3, 0.4) is 0 Å². The van der Waals surface area contributed by atoms with Crippen LogP contribution < -0.4 is 5.73 Å². The monoisotopic (exact) mass is 281 g/mol. The number of carbonyl (C=O) groups is 1. The van der Waals surface area contributed by atoms with Crippen molar-refractivity contribution in [2.24, 2.45) is 0 Å². The molecule has 19 heavy (non-hydrogen) atoms. The Balaban J connectivity index is 2.28. The lowest BCUT2D eigenvalue weighted by atomic mass is 10.1. The topological polar surface area (TPSA) is 89.5 Å². The molecule has 2 rings (SSSR count). The second-order valence-electron chi connectivity index (χ2n) is 4.45. The Bertz CT molecular complexity index is 521. The van der Waals surface area contributed by atoms with Gasteiger partial charge in [0.2, 0.25) is 0 Å². The minimum atomic E-state index is -0.568. The first-order valence-corrected chi connectivity index (χ1v) is 7.09. The summed E-state index contributed by atoms with van der Waals surface area (Å²) in [5, 5.41) is 10.8. The van der Waals surface area contributed by atoms with Crippen LogP contribution in [0.4, 0.5) is 11.4 Å². The third kappa shape index (κ3) is 2.81. The van der Waals surface area contributed by atoms with E-state index >= 15 is 0 Å². The standard InChI is InChI=1S/C12H15N3O3S/c1-8-7-19-5-4-14(8)12(16)9-2-3-10(13)11(6-9)15(17)18/h2-3,6,8H,4-5,7,13H2,1H3. The summed E-state index contributed by atoms with van der Waals surface area (Å²) in [4.78, 5) is 24.4. The number of nitrogens with two attached hydrogens (primary N) is 1. The maximum atomic E-state index is 12.3. The summed E-state index contributed by atoms with van der Waals surface area (Å²) in [6.45, 7) is 2.65. The third-order valence-corrected chi connectivity index (χ3v) is 4.29. The molecule has 1 saturated heterocycles. The highest BCUT2D eigenvalue weighted by molar-refractivity contribution is 7.99. The van der Waals surface area contributed by atoms with Crippen LogP contribution in [0.2, 0.25) is 0 Å². The van der Waals surface area contributed by atoms with Gasteiger partial charge in [0.15, 0.2) is 0 Å². The number of nitrogen functional groups attached to an aromatic ring is 1. The molecule has 0 aliphatic carbocycles. The molecule has 7 heteroatoms. The number of hydrogen-bond donors (Lipinski definition) is 1. The average molecular weight is 281 g/mol. The molecule has 102 valence electrons. The summed E-state index contributed by atoms with van der Waals surface area (Å²) in [5.74, 6) is 1.62. The number of nitrogens with zero attached hydrogens (tertiary/aromatic N) is 2. The molecule has 6 nitrogen and oxygen atoms in total. The Morgan fingerprint density at radius 1 is 1.58 bits per heavy atom. The Morgan fingerprint density at radius 3 is 2.95 bits per heavy atom. The number of rotatable bonds is 2.